The minimum absolute atomic E-state index is 0.0157. The van der Waals surface area contributed by atoms with Crippen molar-refractivity contribution in [2.45, 2.75) is 50.7 Å². The molecule has 31 heavy (non-hydrogen) atoms. The second-order valence-corrected chi connectivity index (χ2v) is 10.4. The number of nitrogens with zero attached hydrogens (tertiary/aromatic N) is 1. The van der Waals surface area contributed by atoms with Gasteiger partial charge in [-0.2, -0.15) is 0 Å². The molecule has 1 saturated carbocycles. The summed E-state index contributed by atoms with van der Waals surface area (Å²) in [7, 11) is 0. The van der Waals surface area contributed by atoms with Crippen LogP contribution in [0.1, 0.15) is 31.4 Å². The molecule has 4 aliphatic rings. The topological polar surface area (TPSA) is 58.4 Å². The van der Waals surface area contributed by atoms with Gasteiger partial charge in [-0.25, -0.2) is 0 Å². The van der Waals surface area contributed by atoms with E-state index in [-0.39, 0.29) is 23.4 Å². The molecular weight excluding hydrogens is 382 g/mol. The molecule has 4 fully saturated rings. The van der Waals surface area contributed by atoms with Crippen molar-refractivity contribution in [3.05, 3.63) is 71.8 Å². The van der Waals surface area contributed by atoms with Crippen LogP contribution in [0, 0.1) is 23.7 Å². The first-order chi connectivity index (χ1) is 15.0. The third-order valence-corrected chi connectivity index (χ3v) is 8.07. The highest BCUT2D eigenvalue weighted by molar-refractivity contribution is 5.78. The first kappa shape index (κ1) is 20.7. The molecule has 0 radical (unpaired) electrons. The highest BCUT2D eigenvalue weighted by atomic mass is 16.1. The summed E-state index contributed by atoms with van der Waals surface area (Å²) in [6.45, 7) is 6.51. The van der Waals surface area contributed by atoms with Gasteiger partial charge >= 0.3 is 0 Å². The van der Waals surface area contributed by atoms with Crippen molar-refractivity contribution in [3.63, 3.8) is 0 Å². The van der Waals surface area contributed by atoms with Crippen LogP contribution in [-0.4, -0.2) is 41.5 Å². The maximum absolute atomic E-state index is 12.7. The Kier molecular flexibility index (Phi) is 5.39. The SMILES string of the molecule is CC(C)CN1C2C3NCC(CC3C1(Cc1ccccc1)Cc1ccccc1)C2C(N)=O. The Labute approximate surface area is 186 Å². The van der Waals surface area contributed by atoms with Crippen molar-refractivity contribution in [2.75, 3.05) is 13.1 Å². The van der Waals surface area contributed by atoms with Crippen LogP contribution in [0.5, 0.6) is 0 Å². The summed E-state index contributed by atoms with van der Waals surface area (Å²) in [6.07, 6.45) is 3.11. The lowest BCUT2D eigenvalue weighted by Gasteiger charge is -2.48. The predicted molar refractivity (Wildman–Crippen MR) is 124 cm³/mol. The lowest BCUT2D eigenvalue weighted by atomic mass is 9.62. The van der Waals surface area contributed by atoms with Gasteiger partial charge in [0.1, 0.15) is 0 Å². The van der Waals surface area contributed by atoms with E-state index in [1.165, 1.54) is 11.1 Å². The zero-order valence-corrected chi connectivity index (χ0v) is 18.7. The van der Waals surface area contributed by atoms with Gasteiger partial charge in [0.25, 0.3) is 0 Å². The van der Waals surface area contributed by atoms with E-state index in [2.05, 4.69) is 84.7 Å². The Balaban J connectivity index is 1.64. The number of benzene rings is 2. The molecule has 6 rings (SSSR count). The molecule has 1 aliphatic carbocycles. The minimum atomic E-state index is -0.107. The van der Waals surface area contributed by atoms with Crippen molar-refractivity contribution in [2.24, 2.45) is 29.4 Å². The molecule has 4 bridgehead atoms. The highest BCUT2D eigenvalue weighted by Crippen LogP contribution is 2.56. The number of hydrogen-bond donors (Lipinski definition) is 2. The summed E-state index contributed by atoms with van der Waals surface area (Å²) in [6, 6.07) is 22.4. The van der Waals surface area contributed by atoms with E-state index in [0.717, 1.165) is 32.4 Å². The van der Waals surface area contributed by atoms with Gasteiger partial charge in [0.05, 0.1) is 5.92 Å². The summed E-state index contributed by atoms with van der Waals surface area (Å²) in [5.74, 6) is 1.24. The average molecular weight is 418 g/mol. The zero-order valence-electron chi connectivity index (χ0n) is 18.7. The second-order valence-electron chi connectivity index (χ2n) is 10.4. The van der Waals surface area contributed by atoms with E-state index in [0.29, 0.717) is 23.8 Å². The smallest absolute Gasteiger partial charge is 0.222 e. The van der Waals surface area contributed by atoms with Gasteiger partial charge in [-0.05, 0) is 54.7 Å². The van der Waals surface area contributed by atoms with Gasteiger partial charge in [0.15, 0.2) is 0 Å². The Bertz CT molecular complexity index is 871. The Morgan fingerprint density at radius 3 is 2.16 bits per heavy atom. The lowest BCUT2D eigenvalue weighted by Crippen LogP contribution is -2.64. The fourth-order valence-corrected chi connectivity index (χ4v) is 7.10. The maximum atomic E-state index is 12.7. The number of fused-ring (bicyclic) bond motifs is 1. The van der Waals surface area contributed by atoms with Crippen molar-refractivity contribution >= 4 is 5.91 Å². The lowest BCUT2D eigenvalue weighted by molar-refractivity contribution is -0.129. The van der Waals surface area contributed by atoms with Gasteiger partial charge in [-0.1, -0.05) is 74.5 Å². The van der Waals surface area contributed by atoms with E-state index in [1.54, 1.807) is 0 Å². The molecule has 3 aliphatic heterocycles. The van der Waals surface area contributed by atoms with E-state index in [4.69, 9.17) is 5.73 Å². The molecule has 1 amide bonds. The number of piperidine rings is 2. The van der Waals surface area contributed by atoms with Gasteiger partial charge < -0.3 is 11.1 Å². The Hall–Kier alpha value is -2.17. The number of nitrogens with two attached hydrogens (primary N) is 1. The number of nitrogens with one attached hydrogen (secondary N) is 1. The first-order valence-electron chi connectivity index (χ1n) is 11.9. The summed E-state index contributed by atoms with van der Waals surface area (Å²) in [5, 5.41) is 3.85. The number of rotatable bonds is 7. The number of likely N-dealkylation sites (tertiary alicyclic amines) is 1. The molecule has 3 N–H and O–H groups in total. The van der Waals surface area contributed by atoms with Crippen LogP contribution >= 0.6 is 0 Å². The van der Waals surface area contributed by atoms with E-state index < -0.39 is 0 Å². The normalized spacial score (nSPS) is 31.3. The number of amides is 1. The molecule has 2 aromatic carbocycles. The molecule has 3 heterocycles. The molecule has 4 nitrogen and oxygen atoms in total. The largest absolute Gasteiger partial charge is 0.369 e. The van der Waals surface area contributed by atoms with Gasteiger partial charge in [-0.3, -0.25) is 9.69 Å². The van der Waals surface area contributed by atoms with Gasteiger partial charge in [-0.15, -0.1) is 0 Å². The van der Waals surface area contributed by atoms with Crippen molar-refractivity contribution in [1.82, 2.24) is 10.2 Å². The molecule has 3 saturated heterocycles. The first-order valence-corrected chi connectivity index (χ1v) is 11.9. The summed E-state index contributed by atoms with van der Waals surface area (Å²) in [5.41, 5.74) is 8.78. The molecule has 4 heteroatoms. The molecule has 164 valence electrons. The minimum Gasteiger partial charge on any atom is -0.369 e. The third kappa shape index (κ3) is 3.50. The standard InChI is InChI=1S/C27H35N3O/c1-18(2)17-30-25-23(26(28)31)21-13-22(24(25)29-16-21)27(30,14-19-9-5-3-6-10-19)15-20-11-7-4-8-12-20/h3-12,18,21-25,29H,13-17H2,1-2H3,(H2,28,31). The van der Waals surface area contributed by atoms with Gasteiger partial charge in [0.2, 0.25) is 5.91 Å². The van der Waals surface area contributed by atoms with E-state index in [9.17, 15) is 4.79 Å². The maximum Gasteiger partial charge on any atom is 0.222 e. The molecule has 0 spiro atoms. The fraction of sp³-hybridized carbons (Fsp3) is 0.519. The number of primary amides is 1. The van der Waals surface area contributed by atoms with Gasteiger partial charge in [0, 0.05) is 24.2 Å². The molecular formula is C27H35N3O. The molecule has 2 aromatic rings. The number of hydrogen-bond acceptors (Lipinski definition) is 3. The van der Waals surface area contributed by atoms with Crippen molar-refractivity contribution < 1.29 is 4.79 Å². The van der Waals surface area contributed by atoms with Crippen LogP contribution < -0.4 is 11.1 Å². The third-order valence-electron chi connectivity index (χ3n) is 8.07. The fourth-order valence-electron chi connectivity index (χ4n) is 7.10. The van der Waals surface area contributed by atoms with E-state index in [1.807, 2.05) is 0 Å². The second kappa shape index (κ2) is 8.07. The predicted octanol–water partition coefficient (Wildman–Crippen LogP) is 3.26. The zero-order chi connectivity index (χ0) is 21.6. The molecule has 0 aromatic heterocycles. The van der Waals surface area contributed by atoms with Crippen molar-refractivity contribution in [3.8, 4) is 0 Å². The highest BCUT2D eigenvalue weighted by Gasteiger charge is 2.66. The molecule has 5 unspecified atom stereocenters. The van der Waals surface area contributed by atoms with E-state index >= 15 is 0 Å². The average Bonchev–Trinajstić information content (AvgIpc) is 2.95. The number of carbonyl (C=O) groups is 1. The van der Waals surface area contributed by atoms with Crippen LogP contribution in [0.3, 0.4) is 0 Å². The van der Waals surface area contributed by atoms with Crippen molar-refractivity contribution in [1.29, 1.82) is 0 Å². The number of carbonyl (C=O) groups excluding carboxylic acids is 1. The quantitative estimate of drug-likeness (QED) is 0.727. The summed E-state index contributed by atoms with van der Waals surface area (Å²) >= 11 is 0. The Morgan fingerprint density at radius 1 is 1.06 bits per heavy atom. The van der Waals surface area contributed by atoms with Crippen LogP contribution in [0.4, 0.5) is 0 Å². The summed E-state index contributed by atoms with van der Waals surface area (Å²) in [4.78, 5) is 15.4. The van der Waals surface area contributed by atoms with Crippen LogP contribution in [-0.2, 0) is 17.6 Å². The Morgan fingerprint density at radius 2 is 1.65 bits per heavy atom. The van der Waals surface area contributed by atoms with Crippen LogP contribution in [0.25, 0.3) is 0 Å². The monoisotopic (exact) mass is 417 g/mol. The summed E-state index contributed by atoms with van der Waals surface area (Å²) < 4.78 is 0. The molecule has 5 atom stereocenters. The van der Waals surface area contributed by atoms with Crippen LogP contribution in [0.2, 0.25) is 0 Å². The van der Waals surface area contributed by atoms with Crippen LogP contribution in [0.15, 0.2) is 60.7 Å².